The molecule has 0 bridgehead atoms. The highest BCUT2D eigenvalue weighted by molar-refractivity contribution is 5.74. The van der Waals surface area contributed by atoms with Crippen LogP contribution in [-0.4, -0.2) is 31.7 Å². The summed E-state index contributed by atoms with van der Waals surface area (Å²) in [4.78, 5) is 22.2. The van der Waals surface area contributed by atoms with Gasteiger partial charge in [0.1, 0.15) is 17.2 Å². The van der Waals surface area contributed by atoms with Gasteiger partial charge in [-0.2, -0.15) is 0 Å². The fourth-order valence-electron chi connectivity index (χ4n) is 1.87. The molecule has 0 aliphatic carbocycles. The van der Waals surface area contributed by atoms with Crippen LogP contribution in [0, 0.1) is 10.1 Å². The number of ether oxygens (including phenoxy) is 4. The highest BCUT2D eigenvalue weighted by Gasteiger charge is 2.16. The number of hydrogen-bond acceptors (Lipinski definition) is 7. The van der Waals surface area contributed by atoms with Crippen molar-refractivity contribution >= 4 is 11.7 Å². The van der Waals surface area contributed by atoms with Crippen molar-refractivity contribution < 1.29 is 28.7 Å². The van der Waals surface area contributed by atoms with E-state index >= 15 is 0 Å². The van der Waals surface area contributed by atoms with Gasteiger partial charge < -0.3 is 18.9 Å². The van der Waals surface area contributed by atoms with Crippen LogP contribution in [0.2, 0.25) is 0 Å². The van der Waals surface area contributed by atoms with E-state index in [9.17, 15) is 14.9 Å². The van der Waals surface area contributed by atoms with Crippen molar-refractivity contribution in [3.8, 4) is 23.0 Å². The third-order valence-corrected chi connectivity index (χ3v) is 2.96. The first-order valence-electron chi connectivity index (χ1n) is 6.83. The van der Waals surface area contributed by atoms with Crippen molar-refractivity contribution in [1.82, 2.24) is 0 Å². The minimum absolute atomic E-state index is 0.0114. The Kier molecular flexibility index (Phi) is 5.56. The summed E-state index contributed by atoms with van der Waals surface area (Å²) in [5.74, 6) is 0.391. The van der Waals surface area contributed by atoms with Gasteiger partial charge in [0.05, 0.1) is 19.1 Å². The molecule has 0 atom stereocenters. The van der Waals surface area contributed by atoms with E-state index in [1.807, 2.05) is 0 Å². The van der Waals surface area contributed by atoms with Crippen LogP contribution >= 0.6 is 0 Å². The van der Waals surface area contributed by atoms with Crippen molar-refractivity contribution in [2.75, 3.05) is 20.8 Å². The zero-order chi connectivity index (χ0) is 17.5. The summed E-state index contributed by atoms with van der Waals surface area (Å²) in [7, 11) is 2.94. The predicted octanol–water partition coefficient (Wildman–Crippen LogP) is 2.60. The molecule has 0 aliphatic rings. The Morgan fingerprint density at radius 3 is 2.21 bits per heavy atom. The maximum absolute atomic E-state index is 11.9. The number of methoxy groups -OCH3 is 2. The second kappa shape index (κ2) is 7.82. The van der Waals surface area contributed by atoms with Gasteiger partial charge in [-0.05, 0) is 6.07 Å². The second-order valence-corrected chi connectivity index (χ2v) is 4.54. The van der Waals surface area contributed by atoms with Crippen LogP contribution in [-0.2, 0) is 4.79 Å². The molecule has 2 aromatic carbocycles. The number of para-hydroxylation sites is 2. The van der Waals surface area contributed by atoms with Crippen LogP contribution in [0.4, 0.5) is 5.69 Å². The van der Waals surface area contributed by atoms with Gasteiger partial charge in [0.2, 0.25) is 0 Å². The SMILES string of the molecule is COc1cc(OC)cc(OC(=O)COc2ccccc2[N+](=O)[O-])c1. The van der Waals surface area contributed by atoms with E-state index in [2.05, 4.69) is 0 Å². The quantitative estimate of drug-likeness (QED) is 0.332. The second-order valence-electron chi connectivity index (χ2n) is 4.54. The molecule has 24 heavy (non-hydrogen) atoms. The smallest absolute Gasteiger partial charge is 0.349 e. The van der Waals surface area contributed by atoms with Gasteiger partial charge in [0.15, 0.2) is 12.4 Å². The van der Waals surface area contributed by atoms with Crippen molar-refractivity contribution in [2.45, 2.75) is 0 Å². The minimum atomic E-state index is -0.719. The largest absolute Gasteiger partial charge is 0.496 e. The number of benzene rings is 2. The Balaban J connectivity index is 2.03. The molecule has 8 heteroatoms. The topological polar surface area (TPSA) is 97.1 Å². The summed E-state index contributed by atoms with van der Waals surface area (Å²) in [5.41, 5.74) is -0.228. The summed E-state index contributed by atoms with van der Waals surface area (Å²) in [6.07, 6.45) is 0. The lowest BCUT2D eigenvalue weighted by Crippen LogP contribution is -2.18. The Labute approximate surface area is 137 Å². The third kappa shape index (κ3) is 4.35. The van der Waals surface area contributed by atoms with E-state index < -0.39 is 17.5 Å². The first kappa shape index (κ1) is 17.1. The molecule has 0 saturated carbocycles. The average molecular weight is 333 g/mol. The summed E-state index contributed by atoms with van der Waals surface area (Å²) in [6.45, 7) is -0.482. The fraction of sp³-hybridized carbons (Fsp3) is 0.188. The van der Waals surface area contributed by atoms with Gasteiger partial charge in [-0.3, -0.25) is 10.1 Å². The standard InChI is InChI=1S/C16H15NO7/c1-21-11-7-12(22-2)9-13(8-11)24-16(18)10-23-15-6-4-3-5-14(15)17(19)20/h3-9H,10H2,1-2H3. The Hall–Kier alpha value is -3.29. The van der Waals surface area contributed by atoms with Crippen LogP contribution in [0.1, 0.15) is 0 Å². The zero-order valence-corrected chi connectivity index (χ0v) is 13.1. The first-order valence-corrected chi connectivity index (χ1v) is 6.83. The van der Waals surface area contributed by atoms with E-state index in [1.54, 1.807) is 12.1 Å². The molecule has 0 spiro atoms. The monoisotopic (exact) mass is 333 g/mol. The van der Waals surface area contributed by atoms with Crippen LogP contribution in [0.3, 0.4) is 0 Å². The van der Waals surface area contributed by atoms with E-state index in [0.717, 1.165) is 0 Å². The molecule has 0 aromatic heterocycles. The predicted molar refractivity (Wildman–Crippen MR) is 83.8 cm³/mol. The molecular weight excluding hydrogens is 318 g/mol. The molecule has 0 heterocycles. The molecule has 0 radical (unpaired) electrons. The molecule has 0 aliphatic heterocycles. The van der Waals surface area contributed by atoms with Gasteiger partial charge in [-0.25, -0.2) is 4.79 Å². The number of carbonyl (C=O) groups excluding carboxylic acids is 1. The number of nitro benzene ring substituents is 1. The van der Waals surface area contributed by atoms with Crippen LogP contribution < -0.4 is 18.9 Å². The molecule has 0 saturated heterocycles. The zero-order valence-electron chi connectivity index (χ0n) is 13.1. The number of nitro groups is 1. The van der Waals surface area contributed by atoms with Crippen LogP contribution in [0.25, 0.3) is 0 Å². The molecule has 0 unspecified atom stereocenters. The average Bonchev–Trinajstić information content (AvgIpc) is 2.59. The molecule has 0 N–H and O–H groups in total. The van der Waals surface area contributed by atoms with E-state index in [0.29, 0.717) is 11.5 Å². The molecule has 0 fully saturated rings. The molecule has 0 amide bonds. The third-order valence-electron chi connectivity index (χ3n) is 2.96. The first-order chi connectivity index (χ1) is 11.5. The molecule has 2 aromatic rings. The maximum atomic E-state index is 11.9. The number of nitrogens with zero attached hydrogens (tertiary/aromatic N) is 1. The number of carbonyl (C=O) groups is 1. The highest BCUT2D eigenvalue weighted by Crippen LogP contribution is 2.28. The van der Waals surface area contributed by atoms with Gasteiger partial charge >= 0.3 is 11.7 Å². The Morgan fingerprint density at radius 2 is 1.62 bits per heavy atom. The lowest BCUT2D eigenvalue weighted by molar-refractivity contribution is -0.385. The summed E-state index contributed by atoms with van der Waals surface area (Å²) < 4.78 is 20.4. The lowest BCUT2D eigenvalue weighted by atomic mass is 10.3. The molecule has 8 nitrogen and oxygen atoms in total. The van der Waals surface area contributed by atoms with Gasteiger partial charge in [-0.15, -0.1) is 0 Å². The van der Waals surface area contributed by atoms with E-state index in [-0.39, 0.29) is 17.2 Å². The van der Waals surface area contributed by atoms with E-state index in [4.69, 9.17) is 18.9 Å². The van der Waals surface area contributed by atoms with Gasteiger partial charge in [0.25, 0.3) is 0 Å². The van der Waals surface area contributed by atoms with Crippen molar-refractivity contribution in [2.24, 2.45) is 0 Å². The Morgan fingerprint density at radius 1 is 1.04 bits per heavy atom. The lowest BCUT2D eigenvalue weighted by Gasteiger charge is -2.10. The summed E-state index contributed by atoms with van der Waals surface area (Å²) >= 11 is 0. The maximum Gasteiger partial charge on any atom is 0.349 e. The summed E-state index contributed by atoms with van der Waals surface area (Å²) in [5, 5.41) is 10.9. The van der Waals surface area contributed by atoms with Crippen molar-refractivity contribution in [3.63, 3.8) is 0 Å². The molecule has 2 rings (SSSR count). The number of hydrogen-bond donors (Lipinski definition) is 0. The Bertz CT molecular complexity index is 723. The van der Waals surface area contributed by atoms with Crippen molar-refractivity contribution in [3.05, 3.63) is 52.6 Å². The normalized spacial score (nSPS) is 9.92. The van der Waals surface area contributed by atoms with Crippen LogP contribution in [0.15, 0.2) is 42.5 Å². The fourth-order valence-corrected chi connectivity index (χ4v) is 1.87. The molecule has 126 valence electrons. The van der Waals surface area contributed by atoms with Crippen molar-refractivity contribution in [1.29, 1.82) is 0 Å². The number of esters is 1. The van der Waals surface area contributed by atoms with Gasteiger partial charge in [-0.1, -0.05) is 12.1 Å². The summed E-state index contributed by atoms with van der Waals surface area (Å²) in [6, 6.07) is 10.4. The van der Waals surface area contributed by atoms with Crippen LogP contribution in [0.5, 0.6) is 23.0 Å². The van der Waals surface area contributed by atoms with E-state index in [1.165, 1.54) is 44.6 Å². The number of rotatable bonds is 7. The minimum Gasteiger partial charge on any atom is -0.496 e. The molecular formula is C16H15NO7. The highest BCUT2D eigenvalue weighted by atomic mass is 16.6. The van der Waals surface area contributed by atoms with Gasteiger partial charge in [0, 0.05) is 24.3 Å².